The topological polar surface area (TPSA) is 101 Å². The summed E-state index contributed by atoms with van der Waals surface area (Å²) in [4.78, 5) is 14.5. The maximum atomic E-state index is 10.8. The van der Waals surface area contributed by atoms with Crippen molar-refractivity contribution < 1.29 is 18.3 Å². The van der Waals surface area contributed by atoms with Crippen molar-refractivity contribution in [2.45, 2.75) is 18.1 Å². The fraction of sp³-hybridized carbons (Fsp3) is 0.556. The second-order valence-corrected chi connectivity index (χ2v) is 6.38. The normalized spacial score (nSPS) is 11.6. The summed E-state index contributed by atoms with van der Waals surface area (Å²) in [5.41, 5.74) is 0. The van der Waals surface area contributed by atoms with Crippen LogP contribution in [-0.4, -0.2) is 47.6 Å². The number of aryl methyl sites for hydroxylation is 1. The molecular formula is C9H15N3O4S2. The maximum absolute atomic E-state index is 10.8. The minimum absolute atomic E-state index is 0.0431. The van der Waals surface area contributed by atoms with Gasteiger partial charge in [-0.2, -0.15) is 0 Å². The molecule has 1 aromatic heterocycles. The van der Waals surface area contributed by atoms with E-state index in [9.17, 15) is 13.2 Å². The van der Waals surface area contributed by atoms with Crippen LogP contribution in [0.25, 0.3) is 0 Å². The summed E-state index contributed by atoms with van der Waals surface area (Å²) >= 11 is 1.14. The SMILES string of the molecule is CS(=O)(=O)NCCCn1ccnc1SCC(=O)O. The van der Waals surface area contributed by atoms with Gasteiger partial charge in [-0.1, -0.05) is 11.8 Å². The fourth-order valence-corrected chi connectivity index (χ4v) is 2.46. The van der Waals surface area contributed by atoms with Gasteiger partial charge in [0.25, 0.3) is 0 Å². The van der Waals surface area contributed by atoms with Gasteiger partial charge in [-0.25, -0.2) is 18.1 Å². The standard InChI is InChI=1S/C9H15N3O4S2/c1-18(15,16)11-3-2-5-12-6-4-10-9(12)17-7-8(13)14/h4,6,11H,2-3,5,7H2,1H3,(H,13,14). The first-order chi connectivity index (χ1) is 8.38. The van der Waals surface area contributed by atoms with Crippen LogP contribution in [-0.2, 0) is 21.4 Å². The van der Waals surface area contributed by atoms with Crippen molar-refractivity contribution in [1.29, 1.82) is 0 Å². The number of rotatable bonds is 8. The summed E-state index contributed by atoms with van der Waals surface area (Å²) < 4.78 is 25.9. The van der Waals surface area contributed by atoms with E-state index in [-0.39, 0.29) is 5.75 Å². The molecule has 0 unspecified atom stereocenters. The van der Waals surface area contributed by atoms with E-state index < -0.39 is 16.0 Å². The Morgan fingerprint density at radius 3 is 2.94 bits per heavy atom. The molecule has 0 radical (unpaired) electrons. The maximum Gasteiger partial charge on any atom is 0.313 e. The molecule has 1 heterocycles. The van der Waals surface area contributed by atoms with Gasteiger partial charge in [0.1, 0.15) is 0 Å². The lowest BCUT2D eigenvalue weighted by molar-refractivity contribution is -0.133. The van der Waals surface area contributed by atoms with Crippen LogP contribution < -0.4 is 4.72 Å². The third kappa shape index (κ3) is 6.03. The summed E-state index contributed by atoms with van der Waals surface area (Å²) in [6.07, 6.45) is 5.06. The minimum atomic E-state index is -3.15. The minimum Gasteiger partial charge on any atom is -0.481 e. The van der Waals surface area contributed by atoms with E-state index in [0.717, 1.165) is 18.0 Å². The number of aliphatic carboxylic acids is 1. The molecule has 7 nitrogen and oxygen atoms in total. The molecule has 1 aromatic rings. The molecule has 18 heavy (non-hydrogen) atoms. The number of hydrogen-bond donors (Lipinski definition) is 2. The predicted octanol–water partition coefficient (Wildman–Crippen LogP) is -0.000900. The fourth-order valence-electron chi connectivity index (χ4n) is 1.24. The third-order valence-corrected chi connectivity index (χ3v) is 3.66. The Morgan fingerprint density at radius 1 is 1.61 bits per heavy atom. The zero-order valence-electron chi connectivity index (χ0n) is 9.87. The van der Waals surface area contributed by atoms with E-state index in [1.54, 1.807) is 17.0 Å². The zero-order valence-corrected chi connectivity index (χ0v) is 11.5. The van der Waals surface area contributed by atoms with Crippen LogP contribution in [0.5, 0.6) is 0 Å². The molecule has 0 aliphatic heterocycles. The molecule has 0 saturated carbocycles. The number of hydrogen-bond acceptors (Lipinski definition) is 5. The van der Waals surface area contributed by atoms with Crippen LogP contribution in [0.15, 0.2) is 17.6 Å². The highest BCUT2D eigenvalue weighted by atomic mass is 32.2. The lowest BCUT2D eigenvalue weighted by Crippen LogP contribution is -2.23. The Hall–Kier alpha value is -1.06. The van der Waals surface area contributed by atoms with E-state index in [4.69, 9.17) is 5.11 Å². The molecule has 0 aliphatic rings. The number of carboxylic acid groups (broad SMARTS) is 1. The van der Waals surface area contributed by atoms with Gasteiger partial charge in [0.2, 0.25) is 10.0 Å². The van der Waals surface area contributed by atoms with E-state index in [1.165, 1.54) is 0 Å². The average molecular weight is 293 g/mol. The molecule has 0 spiro atoms. The van der Waals surface area contributed by atoms with Gasteiger partial charge in [-0.3, -0.25) is 4.79 Å². The average Bonchev–Trinajstić information content (AvgIpc) is 2.67. The van der Waals surface area contributed by atoms with Gasteiger partial charge in [0, 0.05) is 25.5 Å². The summed E-state index contributed by atoms with van der Waals surface area (Å²) in [5.74, 6) is -0.938. The van der Waals surface area contributed by atoms with E-state index in [2.05, 4.69) is 9.71 Å². The second kappa shape index (κ2) is 6.76. The lowest BCUT2D eigenvalue weighted by Gasteiger charge is -2.06. The Kier molecular flexibility index (Phi) is 5.63. The van der Waals surface area contributed by atoms with Crippen LogP contribution in [0.1, 0.15) is 6.42 Å². The number of carbonyl (C=O) groups is 1. The first-order valence-electron chi connectivity index (χ1n) is 5.19. The highest BCUT2D eigenvalue weighted by Crippen LogP contribution is 2.15. The Labute approximate surface area is 110 Å². The largest absolute Gasteiger partial charge is 0.481 e. The zero-order chi connectivity index (χ0) is 13.6. The Balaban J connectivity index is 2.38. The monoisotopic (exact) mass is 293 g/mol. The number of aromatic nitrogens is 2. The van der Waals surface area contributed by atoms with Gasteiger partial charge >= 0.3 is 5.97 Å². The van der Waals surface area contributed by atoms with E-state index in [1.807, 2.05) is 0 Å². The van der Waals surface area contributed by atoms with Crippen molar-refractivity contribution >= 4 is 27.8 Å². The quantitative estimate of drug-likeness (QED) is 0.517. The van der Waals surface area contributed by atoms with E-state index in [0.29, 0.717) is 24.7 Å². The molecule has 0 atom stereocenters. The van der Waals surface area contributed by atoms with Crippen molar-refractivity contribution in [2.24, 2.45) is 0 Å². The summed E-state index contributed by atoms with van der Waals surface area (Å²) in [6, 6.07) is 0. The van der Waals surface area contributed by atoms with Crippen LogP contribution in [0, 0.1) is 0 Å². The Bertz CT molecular complexity index is 498. The second-order valence-electron chi connectivity index (χ2n) is 3.61. The van der Waals surface area contributed by atoms with Crippen LogP contribution >= 0.6 is 11.8 Å². The van der Waals surface area contributed by atoms with Crippen LogP contribution in [0.2, 0.25) is 0 Å². The van der Waals surface area contributed by atoms with Crippen LogP contribution in [0.4, 0.5) is 0 Å². The van der Waals surface area contributed by atoms with Crippen LogP contribution in [0.3, 0.4) is 0 Å². The smallest absolute Gasteiger partial charge is 0.313 e. The third-order valence-electron chi connectivity index (χ3n) is 1.94. The molecule has 102 valence electrons. The number of imidazole rings is 1. The molecule has 0 amide bonds. The molecule has 0 aliphatic carbocycles. The van der Waals surface area contributed by atoms with Crippen molar-refractivity contribution in [2.75, 3.05) is 18.6 Å². The molecule has 0 bridgehead atoms. The van der Waals surface area contributed by atoms with Gasteiger partial charge in [0.05, 0.1) is 12.0 Å². The number of carboxylic acids is 1. The molecule has 2 N–H and O–H groups in total. The number of nitrogens with one attached hydrogen (secondary N) is 1. The molecule has 1 rings (SSSR count). The lowest BCUT2D eigenvalue weighted by atomic mass is 10.4. The van der Waals surface area contributed by atoms with Gasteiger partial charge < -0.3 is 9.67 Å². The summed E-state index contributed by atoms with van der Waals surface area (Å²) in [5, 5.41) is 9.19. The molecule has 0 saturated heterocycles. The van der Waals surface area contributed by atoms with E-state index >= 15 is 0 Å². The first kappa shape index (κ1) is 15.0. The molecule has 9 heteroatoms. The van der Waals surface area contributed by atoms with Crippen molar-refractivity contribution in [3.63, 3.8) is 0 Å². The number of sulfonamides is 1. The number of nitrogens with zero attached hydrogens (tertiary/aromatic N) is 2. The summed E-state index contributed by atoms with van der Waals surface area (Å²) in [6.45, 7) is 0.935. The Morgan fingerprint density at radius 2 is 2.33 bits per heavy atom. The predicted molar refractivity (Wildman–Crippen MR) is 68.1 cm³/mol. The van der Waals surface area contributed by atoms with Gasteiger partial charge in [-0.15, -0.1) is 0 Å². The van der Waals surface area contributed by atoms with Crippen molar-refractivity contribution in [3.05, 3.63) is 12.4 Å². The molecule has 0 aromatic carbocycles. The van der Waals surface area contributed by atoms with Gasteiger partial charge in [0.15, 0.2) is 5.16 Å². The van der Waals surface area contributed by atoms with Crippen molar-refractivity contribution in [3.8, 4) is 0 Å². The summed E-state index contributed by atoms with van der Waals surface area (Å²) in [7, 11) is -3.15. The highest BCUT2D eigenvalue weighted by molar-refractivity contribution is 7.99. The van der Waals surface area contributed by atoms with Crippen molar-refractivity contribution in [1.82, 2.24) is 14.3 Å². The first-order valence-corrected chi connectivity index (χ1v) is 8.06. The van der Waals surface area contributed by atoms with Gasteiger partial charge in [-0.05, 0) is 6.42 Å². The highest BCUT2D eigenvalue weighted by Gasteiger charge is 2.06. The number of thioether (sulfide) groups is 1. The molecule has 0 fully saturated rings. The molecular weight excluding hydrogens is 278 g/mol.